The molecular weight excluding hydrogens is 335 g/mol. The van der Waals surface area contributed by atoms with Crippen LogP contribution in [0.4, 0.5) is 13.2 Å². The monoisotopic (exact) mass is 357 g/mol. The lowest BCUT2D eigenvalue weighted by atomic mass is 9.92. The van der Waals surface area contributed by atoms with Crippen molar-refractivity contribution >= 4 is 11.9 Å². The summed E-state index contributed by atoms with van der Waals surface area (Å²) in [5.74, 6) is -1.00. The van der Waals surface area contributed by atoms with Gasteiger partial charge >= 0.3 is 12.1 Å². The molecule has 0 aliphatic carbocycles. The van der Waals surface area contributed by atoms with Crippen molar-refractivity contribution in [1.29, 1.82) is 0 Å². The Balaban J connectivity index is 2.05. The number of nitrogens with zero attached hydrogens (tertiary/aromatic N) is 1. The summed E-state index contributed by atoms with van der Waals surface area (Å²) < 4.78 is 37.5. The summed E-state index contributed by atoms with van der Waals surface area (Å²) in [7, 11) is 0. The molecule has 1 fully saturated rings. The summed E-state index contributed by atoms with van der Waals surface area (Å²) in [6, 6.07) is 6.41. The second-order valence-corrected chi connectivity index (χ2v) is 6.46. The number of aliphatic carboxylic acids is 1. The van der Waals surface area contributed by atoms with E-state index in [-0.39, 0.29) is 24.7 Å². The number of amides is 1. The Morgan fingerprint density at radius 2 is 1.96 bits per heavy atom. The van der Waals surface area contributed by atoms with Gasteiger partial charge in [0.25, 0.3) is 5.91 Å². The molecule has 7 heteroatoms. The number of hydrogen-bond donors (Lipinski definition) is 1. The van der Waals surface area contributed by atoms with Crippen molar-refractivity contribution in [3.05, 3.63) is 35.4 Å². The van der Waals surface area contributed by atoms with Crippen LogP contribution in [0.1, 0.15) is 48.0 Å². The molecule has 0 spiro atoms. The number of carbonyl (C=O) groups is 2. The number of carboxylic acids is 1. The fraction of sp³-hybridized carbons (Fsp3) is 0.556. The molecule has 1 N–H and O–H groups in total. The van der Waals surface area contributed by atoms with Crippen molar-refractivity contribution in [2.75, 3.05) is 13.1 Å². The van der Waals surface area contributed by atoms with Gasteiger partial charge in [0.2, 0.25) is 0 Å². The molecule has 1 unspecified atom stereocenters. The number of halogens is 3. The van der Waals surface area contributed by atoms with E-state index in [0.717, 1.165) is 12.8 Å². The minimum Gasteiger partial charge on any atom is -0.481 e. The van der Waals surface area contributed by atoms with Gasteiger partial charge in [-0.15, -0.1) is 0 Å². The zero-order valence-corrected chi connectivity index (χ0v) is 13.9. The molecule has 1 aliphatic heterocycles. The number of likely N-dealkylation sites (tertiary alicyclic amines) is 1. The van der Waals surface area contributed by atoms with Gasteiger partial charge in [0.05, 0.1) is 0 Å². The number of benzene rings is 1. The van der Waals surface area contributed by atoms with Crippen molar-refractivity contribution in [2.45, 2.75) is 44.7 Å². The lowest BCUT2D eigenvalue weighted by molar-refractivity contribution is -0.137. The van der Waals surface area contributed by atoms with E-state index in [0.29, 0.717) is 30.6 Å². The van der Waals surface area contributed by atoms with E-state index in [2.05, 4.69) is 0 Å². The highest BCUT2D eigenvalue weighted by Crippen LogP contribution is 2.26. The molecule has 25 heavy (non-hydrogen) atoms. The Morgan fingerprint density at radius 1 is 1.24 bits per heavy atom. The van der Waals surface area contributed by atoms with Crippen LogP contribution in [-0.4, -0.2) is 41.1 Å². The molecule has 1 saturated heterocycles. The van der Waals surface area contributed by atoms with E-state index in [1.807, 2.05) is 0 Å². The molecule has 4 nitrogen and oxygen atoms in total. The highest BCUT2D eigenvalue weighted by Gasteiger charge is 2.29. The van der Waals surface area contributed by atoms with E-state index < -0.39 is 18.6 Å². The Hall–Kier alpha value is -2.05. The largest absolute Gasteiger partial charge is 0.481 e. The van der Waals surface area contributed by atoms with Gasteiger partial charge in [-0.05, 0) is 43.2 Å². The quantitative estimate of drug-likeness (QED) is 0.840. The number of carbonyl (C=O) groups excluding carboxylic acids is 1. The fourth-order valence-corrected chi connectivity index (χ4v) is 3.21. The molecule has 0 saturated carbocycles. The average Bonchev–Trinajstić information content (AvgIpc) is 2.57. The van der Waals surface area contributed by atoms with E-state index >= 15 is 0 Å². The number of alkyl halides is 3. The van der Waals surface area contributed by atoms with Crippen molar-refractivity contribution in [3.63, 3.8) is 0 Å². The molecule has 1 amide bonds. The molecule has 0 radical (unpaired) electrons. The second kappa shape index (κ2) is 8.36. The molecule has 1 heterocycles. The fourth-order valence-electron chi connectivity index (χ4n) is 3.21. The molecule has 0 bridgehead atoms. The van der Waals surface area contributed by atoms with E-state index in [1.165, 1.54) is 0 Å². The van der Waals surface area contributed by atoms with E-state index in [4.69, 9.17) is 5.11 Å². The predicted molar refractivity (Wildman–Crippen MR) is 86.3 cm³/mol. The molecule has 1 atom stereocenters. The van der Waals surface area contributed by atoms with Crippen molar-refractivity contribution in [1.82, 2.24) is 4.90 Å². The number of aryl methyl sites for hydroxylation is 1. The average molecular weight is 357 g/mol. The Morgan fingerprint density at radius 3 is 2.64 bits per heavy atom. The Kier molecular flexibility index (Phi) is 6.45. The van der Waals surface area contributed by atoms with Gasteiger partial charge in [-0.2, -0.15) is 13.2 Å². The minimum atomic E-state index is -4.26. The first-order valence-corrected chi connectivity index (χ1v) is 8.42. The minimum absolute atomic E-state index is 0.0644. The predicted octanol–water partition coefficient (Wildman–Crippen LogP) is 3.90. The maximum Gasteiger partial charge on any atom is 0.389 e. The molecule has 0 aromatic heterocycles. The third-order valence-corrected chi connectivity index (χ3v) is 4.50. The molecule has 2 rings (SSSR count). The molecular formula is C18H22F3NO3. The third-order valence-electron chi connectivity index (χ3n) is 4.50. The molecule has 138 valence electrons. The SMILES string of the molecule is O=C(O)CCC1CCCN(C(=O)c2ccccc2CCC(F)(F)F)C1. The number of rotatable bonds is 6. The van der Waals surface area contributed by atoms with Crippen molar-refractivity contribution in [2.24, 2.45) is 5.92 Å². The standard InChI is InChI=1S/C18H22F3NO3/c19-18(20,21)10-9-14-5-1-2-6-15(14)17(25)22-11-3-4-13(12-22)7-8-16(23)24/h1-2,5-6,13H,3-4,7-12H2,(H,23,24). The van der Waals surface area contributed by atoms with E-state index in [1.54, 1.807) is 29.2 Å². The smallest absolute Gasteiger partial charge is 0.389 e. The van der Waals surface area contributed by atoms with Gasteiger partial charge in [-0.25, -0.2) is 0 Å². The first-order valence-electron chi connectivity index (χ1n) is 8.42. The first-order chi connectivity index (χ1) is 11.8. The van der Waals surface area contributed by atoms with Gasteiger partial charge in [0, 0.05) is 31.5 Å². The van der Waals surface area contributed by atoms with Crippen LogP contribution in [0.3, 0.4) is 0 Å². The zero-order chi connectivity index (χ0) is 18.4. The second-order valence-electron chi connectivity index (χ2n) is 6.46. The third kappa shape index (κ3) is 6.07. The summed E-state index contributed by atoms with van der Waals surface area (Å²) in [5, 5.41) is 8.79. The maximum atomic E-state index is 12.8. The molecule has 1 aromatic carbocycles. The normalized spacial score (nSPS) is 18.2. The van der Waals surface area contributed by atoms with Gasteiger partial charge in [0.1, 0.15) is 0 Å². The summed E-state index contributed by atoms with van der Waals surface area (Å²) >= 11 is 0. The van der Waals surface area contributed by atoms with Crippen LogP contribution in [0.2, 0.25) is 0 Å². The maximum absolute atomic E-state index is 12.8. The van der Waals surface area contributed by atoms with E-state index in [9.17, 15) is 22.8 Å². The summed E-state index contributed by atoms with van der Waals surface area (Å²) in [4.78, 5) is 25.1. The van der Waals surface area contributed by atoms with Crippen LogP contribution in [0.5, 0.6) is 0 Å². The van der Waals surface area contributed by atoms with Gasteiger partial charge < -0.3 is 10.0 Å². The zero-order valence-electron chi connectivity index (χ0n) is 13.9. The lowest BCUT2D eigenvalue weighted by Gasteiger charge is -2.33. The highest BCUT2D eigenvalue weighted by atomic mass is 19.4. The van der Waals surface area contributed by atoms with Gasteiger partial charge in [-0.1, -0.05) is 18.2 Å². The van der Waals surface area contributed by atoms with Crippen LogP contribution in [-0.2, 0) is 11.2 Å². The first kappa shape index (κ1) is 19.3. The number of carboxylic acid groups (broad SMARTS) is 1. The van der Waals surface area contributed by atoms with Crippen LogP contribution in [0.25, 0.3) is 0 Å². The summed E-state index contributed by atoms with van der Waals surface area (Å²) in [6.07, 6.45) is -3.22. The number of piperidine rings is 1. The molecule has 1 aromatic rings. The number of hydrogen-bond acceptors (Lipinski definition) is 2. The van der Waals surface area contributed by atoms with Crippen LogP contribution >= 0.6 is 0 Å². The van der Waals surface area contributed by atoms with Crippen LogP contribution < -0.4 is 0 Å². The lowest BCUT2D eigenvalue weighted by Crippen LogP contribution is -2.40. The summed E-state index contributed by atoms with van der Waals surface area (Å²) in [5.41, 5.74) is 0.711. The summed E-state index contributed by atoms with van der Waals surface area (Å²) in [6.45, 7) is 1.01. The van der Waals surface area contributed by atoms with Crippen molar-refractivity contribution in [3.8, 4) is 0 Å². The molecule has 1 aliphatic rings. The highest BCUT2D eigenvalue weighted by molar-refractivity contribution is 5.95. The van der Waals surface area contributed by atoms with Gasteiger partial charge in [-0.3, -0.25) is 9.59 Å². The topological polar surface area (TPSA) is 57.6 Å². The Bertz CT molecular complexity index is 616. The van der Waals surface area contributed by atoms with Crippen molar-refractivity contribution < 1.29 is 27.9 Å². The Labute approximate surface area is 144 Å². The van der Waals surface area contributed by atoms with Gasteiger partial charge in [0.15, 0.2) is 0 Å². The van der Waals surface area contributed by atoms with Crippen LogP contribution in [0, 0.1) is 5.92 Å². The van der Waals surface area contributed by atoms with Crippen LogP contribution in [0.15, 0.2) is 24.3 Å².